The van der Waals surface area contributed by atoms with Gasteiger partial charge in [-0.25, -0.2) is 4.39 Å². The van der Waals surface area contributed by atoms with E-state index in [-0.39, 0.29) is 11.7 Å². The highest BCUT2D eigenvalue weighted by Crippen LogP contribution is 2.43. The molecule has 1 aromatic carbocycles. The molecule has 0 aromatic heterocycles. The minimum absolute atomic E-state index is 0.0886. The van der Waals surface area contributed by atoms with Gasteiger partial charge in [0.25, 0.3) is 0 Å². The van der Waals surface area contributed by atoms with Gasteiger partial charge in [-0.3, -0.25) is 4.79 Å². The van der Waals surface area contributed by atoms with Crippen LogP contribution in [-0.2, 0) is 11.2 Å². The van der Waals surface area contributed by atoms with Crippen LogP contribution in [0.3, 0.4) is 0 Å². The molecule has 2 saturated carbocycles. The molecule has 3 nitrogen and oxygen atoms in total. The highest BCUT2D eigenvalue weighted by atomic mass is 19.1. The Morgan fingerprint density at radius 2 is 1.70 bits per heavy atom. The molecule has 1 aliphatic heterocycles. The summed E-state index contributed by atoms with van der Waals surface area (Å²) < 4.78 is 13.0. The number of rotatable bonds is 10. The van der Waals surface area contributed by atoms with Gasteiger partial charge >= 0.3 is 5.97 Å². The van der Waals surface area contributed by atoms with Crippen LogP contribution < -0.4 is 0 Å². The van der Waals surface area contributed by atoms with Gasteiger partial charge in [-0.2, -0.15) is 0 Å². The van der Waals surface area contributed by atoms with Crippen molar-refractivity contribution < 1.29 is 14.3 Å². The van der Waals surface area contributed by atoms with Crippen LogP contribution in [0.5, 0.6) is 0 Å². The van der Waals surface area contributed by atoms with Gasteiger partial charge in [0, 0.05) is 6.54 Å². The van der Waals surface area contributed by atoms with Gasteiger partial charge in [0.1, 0.15) is 5.82 Å². The molecule has 4 rings (SSSR count). The van der Waals surface area contributed by atoms with Crippen LogP contribution in [0.1, 0.15) is 69.8 Å². The maximum absolute atomic E-state index is 13.0. The van der Waals surface area contributed by atoms with Crippen molar-refractivity contribution in [1.29, 1.82) is 0 Å². The predicted molar refractivity (Wildman–Crippen MR) is 118 cm³/mol. The number of carbonyl (C=O) groups is 1. The van der Waals surface area contributed by atoms with Gasteiger partial charge in [-0.05, 0) is 106 Å². The average Bonchev–Trinajstić information content (AvgIpc) is 3.45. The summed E-state index contributed by atoms with van der Waals surface area (Å²) in [6.07, 6.45) is 13.0. The van der Waals surface area contributed by atoms with Gasteiger partial charge in [-0.1, -0.05) is 31.4 Å². The maximum Gasteiger partial charge on any atom is 0.306 e. The van der Waals surface area contributed by atoms with Gasteiger partial charge in [0.2, 0.25) is 0 Å². The fourth-order valence-corrected chi connectivity index (χ4v) is 5.92. The monoisotopic (exact) mass is 415 g/mol. The second kappa shape index (κ2) is 10.3. The zero-order valence-electron chi connectivity index (χ0n) is 18.3. The van der Waals surface area contributed by atoms with E-state index in [4.69, 9.17) is 0 Å². The molecule has 3 atom stereocenters. The number of carboxylic acids is 1. The molecule has 0 spiro atoms. The molecule has 1 heterocycles. The van der Waals surface area contributed by atoms with Crippen molar-refractivity contribution in [3.63, 3.8) is 0 Å². The summed E-state index contributed by atoms with van der Waals surface area (Å²) in [5, 5.41) is 9.68. The molecule has 30 heavy (non-hydrogen) atoms. The van der Waals surface area contributed by atoms with E-state index in [0.717, 1.165) is 31.6 Å². The molecule has 3 aliphatic rings. The Labute approximate surface area is 181 Å². The van der Waals surface area contributed by atoms with Crippen LogP contribution in [0, 0.1) is 35.4 Å². The van der Waals surface area contributed by atoms with Crippen molar-refractivity contribution in [2.24, 2.45) is 29.6 Å². The molecule has 1 saturated heterocycles. The van der Waals surface area contributed by atoms with Crippen LogP contribution in [0.4, 0.5) is 4.39 Å². The normalized spacial score (nSPS) is 26.7. The molecule has 0 bridgehead atoms. The quantitative estimate of drug-likeness (QED) is 0.527. The van der Waals surface area contributed by atoms with Crippen LogP contribution in [0.15, 0.2) is 24.3 Å². The van der Waals surface area contributed by atoms with E-state index in [2.05, 4.69) is 4.90 Å². The molecule has 1 aromatic rings. The predicted octanol–water partition coefficient (Wildman–Crippen LogP) is 5.78. The van der Waals surface area contributed by atoms with Crippen molar-refractivity contribution in [2.75, 3.05) is 19.6 Å². The standard InChI is InChI=1S/C26H38FNO2/c27-24-10-7-19(8-11-24)2-1-3-20-12-14-28(15-13-20)18-22-6-9-23(16-22)25(26(29)30)17-21-4-5-21/h7-8,10-11,20-23,25H,1-6,9,12-18H2,(H,29,30). The van der Waals surface area contributed by atoms with Crippen molar-refractivity contribution in [3.05, 3.63) is 35.6 Å². The smallest absolute Gasteiger partial charge is 0.306 e. The summed E-state index contributed by atoms with van der Waals surface area (Å²) in [6.45, 7) is 3.58. The largest absolute Gasteiger partial charge is 0.481 e. The Kier molecular flexibility index (Phi) is 7.45. The second-order valence-corrected chi connectivity index (χ2v) is 10.3. The fourth-order valence-electron chi connectivity index (χ4n) is 5.92. The first kappa shape index (κ1) is 21.8. The number of carboxylic acid groups (broad SMARTS) is 1. The lowest BCUT2D eigenvalue weighted by Gasteiger charge is -2.33. The third kappa shape index (κ3) is 6.29. The van der Waals surface area contributed by atoms with Crippen LogP contribution in [-0.4, -0.2) is 35.6 Å². The lowest BCUT2D eigenvalue weighted by atomic mass is 9.85. The van der Waals surface area contributed by atoms with Crippen molar-refractivity contribution in [3.8, 4) is 0 Å². The first-order valence-corrected chi connectivity index (χ1v) is 12.3. The van der Waals surface area contributed by atoms with Gasteiger partial charge in [0.15, 0.2) is 0 Å². The van der Waals surface area contributed by atoms with E-state index in [0.29, 0.717) is 17.8 Å². The summed E-state index contributed by atoms with van der Waals surface area (Å²) >= 11 is 0. The Morgan fingerprint density at radius 1 is 1.00 bits per heavy atom. The van der Waals surface area contributed by atoms with Crippen LogP contribution in [0.25, 0.3) is 0 Å². The number of halogens is 1. The highest BCUT2D eigenvalue weighted by molar-refractivity contribution is 5.70. The molecule has 3 unspecified atom stereocenters. The minimum atomic E-state index is -0.547. The minimum Gasteiger partial charge on any atom is -0.481 e. The van der Waals surface area contributed by atoms with E-state index in [1.54, 1.807) is 12.1 Å². The SMILES string of the molecule is O=C(O)C(CC1CC1)C1CCC(CN2CCC(CCCc3ccc(F)cc3)CC2)C1. The second-order valence-electron chi connectivity index (χ2n) is 10.3. The molecule has 0 radical (unpaired) electrons. The molecule has 3 fully saturated rings. The fraction of sp³-hybridized carbons (Fsp3) is 0.731. The van der Waals surface area contributed by atoms with Gasteiger partial charge in [0.05, 0.1) is 5.92 Å². The number of hydrogen-bond donors (Lipinski definition) is 1. The molecule has 4 heteroatoms. The Balaban J connectivity index is 1.13. The zero-order chi connectivity index (χ0) is 20.9. The number of aliphatic carboxylic acids is 1. The molecular weight excluding hydrogens is 377 g/mol. The lowest BCUT2D eigenvalue weighted by molar-refractivity contribution is -0.144. The third-order valence-electron chi connectivity index (χ3n) is 7.97. The molecule has 2 aliphatic carbocycles. The molecular formula is C26H38FNO2. The number of aryl methyl sites for hydroxylation is 1. The number of likely N-dealkylation sites (tertiary alicyclic amines) is 1. The van der Waals surface area contributed by atoms with Crippen molar-refractivity contribution in [2.45, 2.75) is 70.6 Å². The third-order valence-corrected chi connectivity index (χ3v) is 7.97. The number of hydrogen-bond acceptors (Lipinski definition) is 2. The van der Waals surface area contributed by atoms with Crippen LogP contribution in [0.2, 0.25) is 0 Å². The molecule has 166 valence electrons. The lowest BCUT2D eigenvalue weighted by Crippen LogP contribution is -2.37. The number of piperidine rings is 1. The van der Waals surface area contributed by atoms with E-state index < -0.39 is 5.97 Å². The van der Waals surface area contributed by atoms with Gasteiger partial charge in [-0.15, -0.1) is 0 Å². The summed E-state index contributed by atoms with van der Waals surface area (Å²) in [6, 6.07) is 6.94. The summed E-state index contributed by atoms with van der Waals surface area (Å²) in [5.41, 5.74) is 1.24. The Bertz CT molecular complexity index is 679. The summed E-state index contributed by atoms with van der Waals surface area (Å²) in [5.74, 6) is 1.85. The Hall–Kier alpha value is -1.42. The topological polar surface area (TPSA) is 40.5 Å². The van der Waals surface area contributed by atoms with Crippen LogP contribution >= 0.6 is 0 Å². The summed E-state index contributed by atoms with van der Waals surface area (Å²) in [7, 11) is 0. The van der Waals surface area contributed by atoms with E-state index in [1.165, 1.54) is 70.1 Å². The van der Waals surface area contributed by atoms with E-state index >= 15 is 0 Å². The maximum atomic E-state index is 13.0. The summed E-state index contributed by atoms with van der Waals surface area (Å²) in [4.78, 5) is 14.4. The Morgan fingerprint density at radius 3 is 2.37 bits per heavy atom. The first-order chi connectivity index (χ1) is 14.6. The molecule has 0 amide bonds. The van der Waals surface area contributed by atoms with Gasteiger partial charge < -0.3 is 10.0 Å². The highest BCUT2D eigenvalue weighted by Gasteiger charge is 2.38. The van der Waals surface area contributed by atoms with E-state index in [9.17, 15) is 14.3 Å². The average molecular weight is 416 g/mol. The number of nitrogens with zero attached hydrogens (tertiary/aromatic N) is 1. The molecule has 1 N–H and O–H groups in total. The van der Waals surface area contributed by atoms with E-state index in [1.807, 2.05) is 12.1 Å². The van der Waals surface area contributed by atoms with Crippen molar-refractivity contribution in [1.82, 2.24) is 4.90 Å². The zero-order valence-corrected chi connectivity index (χ0v) is 18.3. The number of benzene rings is 1. The van der Waals surface area contributed by atoms with Crippen molar-refractivity contribution >= 4 is 5.97 Å². The first-order valence-electron chi connectivity index (χ1n) is 12.3.